The van der Waals surface area contributed by atoms with Crippen LogP contribution in [0.2, 0.25) is 0 Å². The Labute approximate surface area is 152 Å². The number of aryl methyl sites for hydroxylation is 1. The number of aromatic nitrogens is 4. The lowest BCUT2D eigenvalue weighted by Crippen LogP contribution is -2.36. The Kier molecular flexibility index (Phi) is 4.62. The van der Waals surface area contributed by atoms with E-state index in [9.17, 15) is 4.79 Å². The number of hydrogen-bond acceptors (Lipinski definition) is 5. The first-order valence-electron chi connectivity index (χ1n) is 8.96. The number of carbonyl (C=O) groups excluding carboxylic acids is 1. The van der Waals surface area contributed by atoms with Crippen LogP contribution in [0.1, 0.15) is 19.3 Å². The molecule has 0 saturated carbocycles. The number of nitrogens with zero attached hydrogens (tertiary/aromatic N) is 5. The van der Waals surface area contributed by atoms with Crippen LogP contribution in [0.4, 0.5) is 5.82 Å². The Hall–Kier alpha value is -2.80. The van der Waals surface area contributed by atoms with Crippen molar-refractivity contribution in [3.8, 4) is 11.3 Å². The van der Waals surface area contributed by atoms with Crippen molar-refractivity contribution in [2.24, 2.45) is 7.05 Å². The molecule has 1 saturated heterocycles. The van der Waals surface area contributed by atoms with Gasteiger partial charge in [-0.15, -0.1) is 5.10 Å². The van der Waals surface area contributed by atoms with Crippen LogP contribution < -0.4 is 5.32 Å². The van der Waals surface area contributed by atoms with Gasteiger partial charge in [0.1, 0.15) is 5.82 Å². The molecule has 1 fully saturated rings. The van der Waals surface area contributed by atoms with Gasteiger partial charge in [0.25, 0.3) is 0 Å². The van der Waals surface area contributed by atoms with E-state index in [1.165, 1.54) is 19.3 Å². The minimum Gasteiger partial charge on any atom is -0.310 e. The molecular formula is C19H22N6O. The lowest BCUT2D eigenvalue weighted by Gasteiger charge is -2.25. The monoisotopic (exact) mass is 350 g/mol. The second-order valence-corrected chi connectivity index (χ2v) is 6.76. The van der Waals surface area contributed by atoms with Crippen molar-refractivity contribution in [2.75, 3.05) is 25.0 Å². The third kappa shape index (κ3) is 3.57. The molecule has 3 aromatic rings. The summed E-state index contributed by atoms with van der Waals surface area (Å²) < 4.78 is 1.74. The van der Waals surface area contributed by atoms with Gasteiger partial charge < -0.3 is 5.32 Å². The van der Waals surface area contributed by atoms with Gasteiger partial charge in [-0.1, -0.05) is 23.8 Å². The topological polar surface area (TPSA) is 75.9 Å². The molecule has 1 amide bonds. The molecule has 1 aliphatic rings. The van der Waals surface area contributed by atoms with Crippen LogP contribution in [-0.4, -0.2) is 50.4 Å². The maximum absolute atomic E-state index is 12.3. The summed E-state index contributed by atoms with van der Waals surface area (Å²) in [4.78, 5) is 18.9. The van der Waals surface area contributed by atoms with Crippen LogP contribution in [0.25, 0.3) is 22.0 Å². The molecule has 1 aliphatic heterocycles. The van der Waals surface area contributed by atoms with E-state index in [1.807, 2.05) is 25.2 Å². The largest absolute Gasteiger partial charge is 0.310 e. The first kappa shape index (κ1) is 16.7. The first-order valence-corrected chi connectivity index (χ1v) is 8.96. The molecule has 134 valence electrons. The number of rotatable bonds is 4. The van der Waals surface area contributed by atoms with E-state index in [-0.39, 0.29) is 5.91 Å². The zero-order valence-electron chi connectivity index (χ0n) is 14.9. The Balaban J connectivity index is 1.52. The molecule has 7 nitrogen and oxygen atoms in total. The number of nitrogens with one attached hydrogen (secondary N) is 1. The summed E-state index contributed by atoms with van der Waals surface area (Å²) in [5.41, 5.74) is 1.97. The summed E-state index contributed by atoms with van der Waals surface area (Å²) in [6.07, 6.45) is 7.14. The Morgan fingerprint density at radius 2 is 1.96 bits per heavy atom. The smallest absolute Gasteiger partial charge is 0.239 e. The van der Waals surface area contributed by atoms with E-state index < -0.39 is 0 Å². The normalized spacial score (nSPS) is 15.3. The van der Waals surface area contributed by atoms with Crippen LogP contribution in [0.5, 0.6) is 0 Å². The number of benzene rings is 1. The third-order valence-corrected chi connectivity index (χ3v) is 4.82. The molecule has 0 atom stereocenters. The molecule has 4 rings (SSSR count). The van der Waals surface area contributed by atoms with E-state index in [4.69, 9.17) is 0 Å². The van der Waals surface area contributed by atoms with Crippen LogP contribution in [-0.2, 0) is 11.8 Å². The highest BCUT2D eigenvalue weighted by Crippen LogP contribution is 2.24. The predicted octanol–water partition coefficient (Wildman–Crippen LogP) is 2.45. The van der Waals surface area contributed by atoms with Gasteiger partial charge in [-0.05, 0) is 43.5 Å². The second-order valence-electron chi connectivity index (χ2n) is 6.76. The summed E-state index contributed by atoms with van der Waals surface area (Å²) in [5.74, 6) is 0.575. The highest BCUT2D eigenvalue weighted by molar-refractivity contribution is 5.94. The standard InChI is InChI=1S/C19H22N6O/c1-24-17(12-21-23-24)14-5-6-15-11-20-18(10-16(15)9-14)22-19(26)13-25-7-3-2-4-8-25/h5-6,9-12H,2-4,7-8,13H2,1H3,(H,20,22,26). The zero-order chi connectivity index (χ0) is 17.9. The molecule has 26 heavy (non-hydrogen) atoms. The number of fused-ring (bicyclic) bond motifs is 1. The Bertz CT molecular complexity index is 929. The molecule has 2 aromatic heterocycles. The average Bonchev–Trinajstić information content (AvgIpc) is 3.08. The summed E-state index contributed by atoms with van der Waals surface area (Å²) in [6.45, 7) is 2.43. The Morgan fingerprint density at radius 1 is 1.12 bits per heavy atom. The van der Waals surface area contributed by atoms with Gasteiger partial charge in [-0.2, -0.15) is 0 Å². The van der Waals surface area contributed by atoms with E-state index in [1.54, 1.807) is 17.1 Å². The molecule has 7 heteroatoms. The fourth-order valence-electron chi connectivity index (χ4n) is 3.42. The fourth-order valence-corrected chi connectivity index (χ4v) is 3.42. The maximum Gasteiger partial charge on any atom is 0.239 e. The zero-order valence-corrected chi connectivity index (χ0v) is 14.9. The molecule has 1 N–H and O–H groups in total. The number of piperidine rings is 1. The molecule has 1 aromatic carbocycles. The first-order chi connectivity index (χ1) is 12.7. The number of amides is 1. The lowest BCUT2D eigenvalue weighted by atomic mass is 10.1. The molecule has 0 radical (unpaired) electrons. The quantitative estimate of drug-likeness (QED) is 0.782. The average molecular weight is 350 g/mol. The van der Waals surface area contributed by atoms with Gasteiger partial charge in [0, 0.05) is 24.2 Å². The molecular weight excluding hydrogens is 328 g/mol. The summed E-state index contributed by atoms with van der Waals surface area (Å²) >= 11 is 0. The van der Waals surface area contributed by atoms with Crippen LogP contribution in [0.3, 0.4) is 0 Å². The van der Waals surface area contributed by atoms with Crippen LogP contribution in [0, 0.1) is 0 Å². The second kappa shape index (κ2) is 7.21. The molecule has 3 heterocycles. The van der Waals surface area contributed by atoms with Crippen molar-refractivity contribution in [1.82, 2.24) is 24.9 Å². The fraction of sp³-hybridized carbons (Fsp3) is 0.368. The summed E-state index contributed by atoms with van der Waals surface area (Å²) in [7, 11) is 1.87. The van der Waals surface area contributed by atoms with Crippen molar-refractivity contribution in [1.29, 1.82) is 0 Å². The molecule has 0 bridgehead atoms. The molecule has 0 aliphatic carbocycles. The number of hydrogen-bond donors (Lipinski definition) is 1. The van der Waals surface area contributed by atoms with E-state index in [0.717, 1.165) is 35.1 Å². The molecule has 0 unspecified atom stereocenters. The van der Waals surface area contributed by atoms with Gasteiger partial charge in [0.2, 0.25) is 5.91 Å². The highest BCUT2D eigenvalue weighted by atomic mass is 16.2. The van der Waals surface area contributed by atoms with Gasteiger partial charge in [-0.3, -0.25) is 9.69 Å². The van der Waals surface area contributed by atoms with Crippen LogP contribution in [0.15, 0.2) is 36.7 Å². The van der Waals surface area contributed by atoms with Gasteiger partial charge in [0.05, 0.1) is 18.4 Å². The van der Waals surface area contributed by atoms with Crippen molar-refractivity contribution < 1.29 is 4.79 Å². The van der Waals surface area contributed by atoms with Crippen molar-refractivity contribution in [3.63, 3.8) is 0 Å². The van der Waals surface area contributed by atoms with E-state index in [2.05, 4.69) is 31.6 Å². The predicted molar refractivity (Wildman–Crippen MR) is 101 cm³/mol. The number of carbonyl (C=O) groups is 1. The maximum atomic E-state index is 12.3. The lowest BCUT2D eigenvalue weighted by molar-refractivity contribution is -0.117. The van der Waals surface area contributed by atoms with E-state index >= 15 is 0 Å². The van der Waals surface area contributed by atoms with Gasteiger partial charge >= 0.3 is 0 Å². The number of anilines is 1. The summed E-state index contributed by atoms with van der Waals surface area (Å²) in [5, 5.41) is 12.9. The van der Waals surface area contributed by atoms with E-state index in [0.29, 0.717) is 12.4 Å². The highest BCUT2D eigenvalue weighted by Gasteiger charge is 2.14. The molecule has 0 spiro atoms. The number of likely N-dealkylation sites (tertiary alicyclic amines) is 1. The van der Waals surface area contributed by atoms with Crippen molar-refractivity contribution in [2.45, 2.75) is 19.3 Å². The van der Waals surface area contributed by atoms with Crippen molar-refractivity contribution in [3.05, 3.63) is 36.7 Å². The minimum atomic E-state index is -0.00857. The third-order valence-electron chi connectivity index (χ3n) is 4.82. The van der Waals surface area contributed by atoms with Gasteiger partial charge in [-0.25, -0.2) is 9.67 Å². The van der Waals surface area contributed by atoms with Crippen LogP contribution >= 0.6 is 0 Å². The van der Waals surface area contributed by atoms with Gasteiger partial charge in [0.15, 0.2) is 0 Å². The Morgan fingerprint density at radius 3 is 2.73 bits per heavy atom. The minimum absolute atomic E-state index is 0.00857. The SMILES string of the molecule is Cn1nncc1-c1ccc2cnc(NC(=O)CN3CCCCC3)cc2c1. The van der Waals surface area contributed by atoms with Crippen molar-refractivity contribution >= 4 is 22.5 Å². The summed E-state index contributed by atoms with van der Waals surface area (Å²) in [6, 6.07) is 8.02. The number of pyridine rings is 1.